The lowest BCUT2D eigenvalue weighted by atomic mass is 10.1. The molecule has 0 radical (unpaired) electrons. The van der Waals surface area contributed by atoms with Gasteiger partial charge in [-0.2, -0.15) is 0 Å². The third-order valence-electron chi connectivity index (χ3n) is 13.2. The lowest BCUT2D eigenvalue weighted by Gasteiger charge is -2.18. The highest BCUT2D eigenvalue weighted by Gasteiger charge is 2.19. The van der Waals surface area contributed by atoms with E-state index in [-0.39, 0.29) is 37.5 Å². The minimum Gasteiger partial charge on any atom is -0.462 e. The second-order valence-corrected chi connectivity index (χ2v) is 20.9. The Kier molecular flexibility index (Phi) is 62.9. The molecule has 0 heterocycles. The van der Waals surface area contributed by atoms with Crippen molar-refractivity contribution in [1.29, 1.82) is 0 Å². The molecular formula is C75H118O6. The van der Waals surface area contributed by atoms with Crippen LogP contribution in [0.3, 0.4) is 0 Å². The van der Waals surface area contributed by atoms with Crippen LogP contribution >= 0.6 is 0 Å². The Hall–Kier alpha value is -5.23. The fourth-order valence-corrected chi connectivity index (χ4v) is 8.36. The van der Waals surface area contributed by atoms with Gasteiger partial charge >= 0.3 is 17.9 Å². The third-order valence-corrected chi connectivity index (χ3v) is 13.2. The Morgan fingerprint density at radius 2 is 0.481 bits per heavy atom. The van der Waals surface area contributed by atoms with Gasteiger partial charge in [-0.1, -0.05) is 262 Å². The Labute approximate surface area is 498 Å². The highest BCUT2D eigenvalue weighted by Crippen LogP contribution is 2.14. The van der Waals surface area contributed by atoms with E-state index in [2.05, 4.69) is 191 Å². The molecule has 0 rings (SSSR count). The van der Waals surface area contributed by atoms with E-state index < -0.39 is 6.10 Å². The molecule has 0 N–H and O–H groups in total. The van der Waals surface area contributed by atoms with Crippen LogP contribution in [0.15, 0.2) is 170 Å². The number of hydrogen-bond donors (Lipinski definition) is 0. The molecule has 0 saturated heterocycles. The van der Waals surface area contributed by atoms with E-state index in [9.17, 15) is 14.4 Å². The maximum Gasteiger partial charge on any atom is 0.306 e. The van der Waals surface area contributed by atoms with Gasteiger partial charge in [0.15, 0.2) is 6.10 Å². The van der Waals surface area contributed by atoms with Crippen molar-refractivity contribution in [1.82, 2.24) is 0 Å². The van der Waals surface area contributed by atoms with Gasteiger partial charge in [0.1, 0.15) is 13.2 Å². The Morgan fingerprint density at radius 3 is 0.778 bits per heavy atom. The van der Waals surface area contributed by atoms with Gasteiger partial charge in [0.05, 0.1) is 0 Å². The van der Waals surface area contributed by atoms with Crippen molar-refractivity contribution in [3.8, 4) is 0 Å². The molecule has 0 aromatic carbocycles. The molecule has 6 nitrogen and oxygen atoms in total. The quantitative estimate of drug-likeness (QED) is 0.0261. The van der Waals surface area contributed by atoms with E-state index in [4.69, 9.17) is 14.2 Å². The zero-order valence-electron chi connectivity index (χ0n) is 52.0. The predicted octanol–water partition coefficient (Wildman–Crippen LogP) is 22.7. The minimum absolute atomic E-state index is 0.107. The molecule has 0 saturated carbocycles. The Bertz CT molecular complexity index is 1860. The van der Waals surface area contributed by atoms with Gasteiger partial charge in [0.2, 0.25) is 0 Å². The van der Waals surface area contributed by atoms with Crippen LogP contribution in [0.1, 0.15) is 265 Å². The van der Waals surface area contributed by atoms with Crippen molar-refractivity contribution in [2.24, 2.45) is 0 Å². The maximum atomic E-state index is 12.9. The topological polar surface area (TPSA) is 78.9 Å². The van der Waals surface area contributed by atoms with Crippen LogP contribution in [0.5, 0.6) is 0 Å². The van der Waals surface area contributed by atoms with Crippen LogP contribution in [0.2, 0.25) is 0 Å². The number of unbranched alkanes of at least 4 members (excludes halogenated alkanes) is 18. The monoisotopic (exact) mass is 1110 g/mol. The fraction of sp³-hybridized carbons (Fsp3) is 0.587. The number of carbonyl (C=O) groups is 3. The first kappa shape index (κ1) is 75.8. The molecule has 1 atom stereocenters. The van der Waals surface area contributed by atoms with Crippen LogP contribution < -0.4 is 0 Å². The molecule has 0 bridgehead atoms. The Morgan fingerprint density at radius 1 is 0.259 bits per heavy atom. The van der Waals surface area contributed by atoms with E-state index in [1.807, 2.05) is 0 Å². The smallest absolute Gasteiger partial charge is 0.306 e. The number of rotatable bonds is 57. The molecule has 1 unspecified atom stereocenters. The van der Waals surface area contributed by atoms with Crippen LogP contribution in [0.25, 0.3) is 0 Å². The second-order valence-electron chi connectivity index (χ2n) is 20.9. The molecule has 6 heteroatoms. The zero-order chi connectivity index (χ0) is 58.5. The Balaban J connectivity index is 4.42. The summed E-state index contributed by atoms with van der Waals surface area (Å²) >= 11 is 0. The second kappa shape index (κ2) is 67.3. The number of hydrogen-bond acceptors (Lipinski definition) is 6. The number of carbonyl (C=O) groups excluding carboxylic acids is 3. The lowest BCUT2D eigenvalue weighted by Crippen LogP contribution is -2.30. The van der Waals surface area contributed by atoms with Crippen LogP contribution in [-0.2, 0) is 28.6 Å². The van der Waals surface area contributed by atoms with Crippen molar-refractivity contribution in [2.45, 2.75) is 271 Å². The summed E-state index contributed by atoms with van der Waals surface area (Å²) in [5.41, 5.74) is 0. The molecule has 81 heavy (non-hydrogen) atoms. The van der Waals surface area contributed by atoms with Crippen LogP contribution in [0, 0.1) is 0 Å². The molecular weight excluding hydrogens is 997 g/mol. The summed E-state index contributed by atoms with van der Waals surface area (Å²) in [4.78, 5) is 38.3. The van der Waals surface area contributed by atoms with Gasteiger partial charge in [0.25, 0.3) is 0 Å². The highest BCUT2D eigenvalue weighted by molar-refractivity contribution is 5.71. The first-order chi connectivity index (χ1) is 40.0. The molecule has 0 spiro atoms. The molecule has 0 aliphatic rings. The normalized spacial score (nSPS) is 13.3. The summed E-state index contributed by atoms with van der Waals surface area (Å²) in [7, 11) is 0. The van der Waals surface area contributed by atoms with Crippen molar-refractivity contribution < 1.29 is 28.6 Å². The molecule has 0 aliphatic carbocycles. The van der Waals surface area contributed by atoms with Crippen molar-refractivity contribution in [3.63, 3.8) is 0 Å². The van der Waals surface area contributed by atoms with E-state index in [1.54, 1.807) is 0 Å². The summed E-state index contributed by atoms with van der Waals surface area (Å²) in [6.45, 7) is 6.34. The molecule has 0 aliphatic heterocycles. The first-order valence-electron chi connectivity index (χ1n) is 32.6. The minimum atomic E-state index is -0.815. The van der Waals surface area contributed by atoms with Gasteiger partial charge in [-0.25, -0.2) is 0 Å². The number of esters is 3. The average Bonchev–Trinajstić information content (AvgIpc) is 3.46. The van der Waals surface area contributed by atoms with Gasteiger partial charge in [0, 0.05) is 19.3 Å². The van der Waals surface area contributed by atoms with Crippen molar-refractivity contribution in [2.75, 3.05) is 13.2 Å². The molecule has 0 aromatic rings. The van der Waals surface area contributed by atoms with Gasteiger partial charge in [-0.3, -0.25) is 14.4 Å². The predicted molar refractivity (Wildman–Crippen MR) is 352 cm³/mol. The van der Waals surface area contributed by atoms with Crippen molar-refractivity contribution >= 4 is 17.9 Å². The maximum absolute atomic E-state index is 12.9. The van der Waals surface area contributed by atoms with Gasteiger partial charge < -0.3 is 14.2 Å². The molecule has 454 valence electrons. The van der Waals surface area contributed by atoms with E-state index in [0.717, 1.165) is 167 Å². The summed E-state index contributed by atoms with van der Waals surface area (Å²) in [5.74, 6) is -0.968. The molecule has 0 aromatic heterocycles. The fourth-order valence-electron chi connectivity index (χ4n) is 8.36. The summed E-state index contributed by atoms with van der Waals surface area (Å²) in [6.07, 6.45) is 99.3. The molecule has 0 fully saturated rings. The highest BCUT2D eigenvalue weighted by atomic mass is 16.6. The standard InChI is InChI=1S/C75H118O6/c1-4-7-10-13-16-19-22-25-27-29-31-32-33-34-35-36-37-38-39-40-41-42-44-45-47-50-53-56-59-62-65-68-74(77)80-71-72(70-79-73(76)67-64-61-58-55-52-49-24-21-18-15-12-9-6-3)81-75(78)69-66-63-60-57-54-51-48-46-43-30-28-26-23-20-17-14-11-8-5-2/h7-8,10-11,16-17,19-21,24-28,31-32,34-35,37-38,40-41,43-46,51,54,72H,4-6,9,12-15,18,22-23,29-30,33,36,39,42,47-50,52-53,55-71H2,1-3H3/b10-7-,11-8-,19-16-,20-17-,24-21-,27-25-,28-26-,32-31-,35-34-,38-37-,41-40-,45-44-,46-43-,54-51-. The van der Waals surface area contributed by atoms with Gasteiger partial charge in [-0.05, 0) is 154 Å². The van der Waals surface area contributed by atoms with Crippen molar-refractivity contribution in [3.05, 3.63) is 170 Å². The van der Waals surface area contributed by atoms with E-state index >= 15 is 0 Å². The summed E-state index contributed by atoms with van der Waals surface area (Å²) in [5, 5.41) is 0. The zero-order valence-corrected chi connectivity index (χ0v) is 52.0. The van der Waals surface area contributed by atoms with Crippen LogP contribution in [-0.4, -0.2) is 37.2 Å². The largest absolute Gasteiger partial charge is 0.462 e. The van der Waals surface area contributed by atoms with E-state index in [1.165, 1.54) is 51.4 Å². The lowest BCUT2D eigenvalue weighted by molar-refractivity contribution is -0.167. The van der Waals surface area contributed by atoms with Gasteiger partial charge in [-0.15, -0.1) is 0 Å². The molecule has 0 amide bonds. The summed E-state index contributed by atoms with van der Waals surface area (Å²) < 4.78 is 16.9. The number of ether oxygens (including phenoxy) is 3. The first-order valence-corrected chi connectivity index (χ1v) is 32.6. The number of allylic oxidation sites excluding steroid dienone is 28. The third kappa shape index (κ3) is 65.5. The van der Waals surface area contributed by atoms with Crippen LogP contribution in [0.4, 0.5) is 0 Å². The SMILES string of the molecule is CC/C=C\C/C=C\C/C=C\C/C=C\C/C=C\C/C=C\C/C=C\C/C=C\CCCCCCCCC(=O)OCC(COC(=O)CCCCCCC/C=C\CCCCCC)OC(=O)CCCCC/C=C\C/C=C\C/C=C\C/C=C\C/C=C\CC. The summed E-state index contributed by atoms with van der Waals surface area (Å²) in [6, 6.07) is 0. The average molecular weight is 1120 g/mol. The van der Waals surface area contributed by atoms with E-state index in [0.29, 0.717) is 19.3 Å².